The first-order valence-corrected chi connectivity index (χ1v) is 7.08. The summed E-state index contributed by atoms with van der Waals surface area (Å²) in [6.07, 6.45) is 1.11. The second-order valence-corrected chi connectivity index (χ2v) is 4.96. The van der Waals surface area contributed by atoms with Crippen molar-refractivity contribution in [2.75, 3.05) is 46.9 Å². The van der Waals surface area contributed by atoms with E-state index in [4.69, 9.17) is 4.74 Å². The molecule has 0 saturated carbocycles. The molecule has 0 spiro atoms. The van der Waals surface area contributed by atoms with Crippen LogP contribution in [0.1, 0.15) is 18.0 Å². The summed E-state index contributed by atoms with van der Waals surface area (Å²) < 4.78 is 5.46. The molecule has 1 heterocycles. The van der Waals surface area contributed by atoms with Crippen molar-refractivity contribution in [2.24, 2.45) is 0 Å². The molecular formula is C15H25N3O. The van der Waals surface area contributed by atoms with Crippen LogP contribution >= 0.6 is 0 Å². The van der Waals surface area contributed by atoms with E-state index in [9.17, 15) is 0 Å². The number of methoxy groups -OCH3 is 1. The van der Waals surface area contributed by atoms with Crippen molar-refractivity contribution in [1.29, 1.82) is 0 Å². The molecule has 0 bridgehead atoms. The maximum Gasteiger partial charge on any atom is 0.123 e. The molecule has 106 valence electrons. The van der Waals surface area contributed by atoms with Gasteiger partial charge in [-0.2, -0.15) is 0 Å². The monoisotopic (exact) mass is 263 g/mol. The van der Waals surface area contributed by atoms with E-state index in [-0.39, 0.29) is 0 Å². The van der Waals surface area contributed by atoms with Crippen LogP contribution in [0.3, 0.4) is 0 Å². The van der Waals surface area contributed by atoms with Crippen molar-refractivity contribution in [1.82, 2.24) is 15.5 Å². The Morgan fingerprint density at radius 2 is 2.05 bits per heavy atom. The summed E-state index contributed by atoms with van der Waals surface area (Å²) in [7, 11) is 3.76. The van der Waals surface area contributed by atoms with Crippen LogP contribution in [0.25, 0.3) is 0 Å². The highest BCUT2D eigenvalue weighted by atomic mass is 16.5. The average molecular weight is 263 g/mol. The van der Waals surface area contributed by atoms with Gasteiger partial charge in [0.15, 0.2) is 0 Å². The fraction of sp³-hybridized carbons (Fsp3) is 0.600. The fourth-order valence-corrected chi connectivity index (χ4v) is 2.66. The molecule has 19 heavy (non-hydrogen) atoms. The smallest absolute Gasteiger partial charge is 0.123 e. The lowest BCUT2D eigenvalue weighted by Gasteiger charge is -2.29. The van der Waals surface area contributed by atoms with E-state index in [0.717, 1.165) is 44.9 Å². The van der Waals surface area contributed by atoms with Gasteiger partial charge in [0.1, 0.15) is 5.75 Å². The van der Waals surface area contributed by atoms with Crippen molar-refractivity contribution in [3.8, 4) is 5.75 Å². The molecule has 4 heteroatoms. The standard InChI is InChI=1S/C15H25N3O/c1-16-14(7-10-18-11-8-17-9-12-18)13-5-3-4-6-15(13)19-2/h3-6,14,16-17H,7-12H2,1-2H3. The van der Waals surface area contributed by atoms with E-state index >= 15 is 0 Å². The van der Waals surface area contributed by atoms with Crippen LogP contribution in [0, 0.1) is 0 Å². The molecule has 4 nitrogen and oxygen atoms in total. The van der Waals surface area contributed by atoms with E-state index in [1.165, 1.54) is 5.56 Å². The number of piperazine rings is 1. The van der Waals surface area contributed by atoms with Gasteiger partial charge < -0.3 is 20.3 Å². The summed E-state index contributed by atoms with van der Waals surface area (Å²) in [4.78, 5) is 2.52. The van der Waals surface area contributed by atoms with Gasteiger partial charge in [0.2, 0.25) is 0 Å². The maximum atomic E-state index is 5.46. The lowest BCUT2D eigenvalue weighted by molar-refractivity contribution is 0.229. The van der Waals surface area contributed by atoms with Gasteiger partial charge in [-0.1, -0.05) is 18.2 Å². The number of nitrogens with zero attached hydrogens (tertiary/aromatic N) is 1. The van der Waals surface area contributed by atoms with Gasteiger partial charge in [0.25, 0.3) is 0 Å². The molecule has 0 amide bonds. The second-order valence-electron chi connectivity index (χ2n) is 4.96. The molecule has 0 aliphatic carbocycles. The first-order chi connectivity index (χ1) is 9.35. The normalized spacial score (nSPS) is 18.2. The van der Waals surface area contributed by atoms with Crippen LogP contribution in [-0.4, -0.2) is 51.8 Å². The van der Waals surface area contributed by atoms with Gasteiger partial charge in [0.05, 0.1) is 7.11 Å². The molecule has 0 radical (unpaired) electrons. The minimum atomic E-state index is 0.353. The molecule has 1 atom stereocenters. The Hall–Kier alpha value is -1.10. The second kappa shape index (κ2) is 7.48. The van der Waals surface area contributed by atoms with E-state index < -0.39 is 0 Å². The van der Waals surface area contributed by atoms with Crippen LogP contribution in [-0.2, 0) is 0 Å². The van der Waals surface area contributed by atoms with Crippen LogP contribution in [0.2, 0.25) is 0 Å². The van der Waals surface area contributed by atoms with Crippen LogP contribution < -0.4 is 15.4 Å². The SMILES string of the molecule is CNC(CCN1CCNCC1)c1ccccc1OC. The zero-order chi connectivity index (χ0) is 13.5. The summed E-state index contributed by atoms with van der Waals surface area (Å²) in [5, 5.41) is 6.80. The van der Waals surface area contributed by atoms with Gasteiger partial charge in [-0.15, -0.1) is 0 Å². The number of benzene rings is 1. The third kappa shape index (κ3) is 3.93. The highest BCUT2D eigenvalue weighted by molar-refractivity contribution is 5.35. The molecular weight excluding hydrogens is 238 g/mol. The quantitative estimate of drug-likeness (QED) is 0.810. The van der Waals surface area contributed by atoms with Crippen LogP contribution in [0.15, 0.2) is 24.3 Å². The molecule has 1 unspecified atom stereocenters. The Morgan fingerprint density at radius 3 is 2.74 bits per heavy atom. The third-order valence-corrected chi connectivity index (χ3v) is 3.81. The number of rotatable bonds is 6. The van der Waals surface area contributed by atoms with E-state index in [1.54, 1.807) is 7.11 Å². The Kier molecular flexibility index (Phi) is 5.63. The highest BCUT2D eigenvalue weighted by Crippen LogP contribution is 2.26. The Bertz CT molecular complexity index is 377. The van der Waals surface area contributed by atoms with Gasteiger partial charge >= 0.3 is 0 Å². The molecule has 1 fully saturated rings. The summed E-state index contributed by atoms with van der Waals surface area (Å²) >= 11 is 0. The van der Waals surface area contributed by atoms with E-state index in [0.29, 0.717) is 6.04 Å². The van der Waals surface area contributed by atoms with E-state index in [1.807, 2.05) is 19.2 Å². The molecule has 1 aliphatic heterocycles. The third-order valence-electron chi connectivity index (χ3n) is 3.81. The average Bonchev–Trinajstić information content (AvgIpc) is 2.49. The number of hydrogen-bond donors (Lipinski definition) is 2. The lowest BCUT2D eigenvalue weighted by Crippen LogP contribution is -2.44. The summed E-state index contributed by atoms with van der Waals surface area (Å²) in [5.41, 5.74) is 1.25. The molecule has 0 aromatic heterocycles. The molecule has 1 aromatic rings. The van der Waals surface area contributed by atoms with Crippen LogP contribution in [0.4, 0.5) is 0 Å². The summed E-state index contributed by atoms with van der Waals surface area (Å²) in [6, 6.07) is 8.63. The first-order valence-electron chi connectivity index (χ1n) is 7.08. The summed E-state index contributed by atoms with van der Waals surface area (Å²) in [5.74, 6) is 0.974. The fourth-order valence-electron chi connectivity index (χ4n) is 2.66. The minimum absolute atomic E-state index is 0.353. The Balaban J connectivity index is 1.95. The molecule has 2 N–H and O–H groups in total. The molecule has 1 saturated heterocycles. The predicted molar refractivity (Wildman–Crippen MR) is 78.7 cm³/mol. The molecule has 1 aromatic carbocycles. The van der Waals surface area contributed by atoms with Gasteiger partial charge in [-0.25, -0.2) is 0 Å². The van der Waals surface area contributed by atoms with Gasteiger partial charge in [-0.3, -0.25) is 0 Å². The Labute approximate surface area is 116 Å². The minimum Gasteiger partial charge on any atom is -0.496 e. The summed E-state index contributed by atoms with van der Waals surface area (Å²) in [6.45, 7) is 5.66. The molecule has 2 rings (SSSR count). The predicted octanol–water partition coefficient (Wildman–Crippen LogP) is 1.25. The number of nitrogens with one attached hydrogen (secondary N) is 2. The van der Waals surface area contributed by atoms with E-state index in [2.05, 4.69) is 27.7 Å². The van der Waals surface area contributed by atoms with Crippen molar-refractivity contribution >= 4 is 0 Å². The zero-order valence-electron chi connectivity index (χ0n) is 12.0. The van der Waals surface area contributed by atoms with Crippen molar-refractivity contribution in [3.05, 3.63) is 29.8 Å². The maximum absolute atomic E-state index is 5.46. The Morgan fingerprint density at radius 1 is 1.32 bits per heavy atom. The first kappa shape index (κ1) is 14.3. The topological polar surface area (TPSA) is 36.5 Å². The van der Waals surface area contributed by atoms with Gasteiger partial charge in [-0.05, 0) is 19.5 Å². The highest BCUT2D eigenvalue weighted by Gasteiger charge is 2.16. The van der Waals surface area contributed by atoms with Crippen LogP contribution in [0.5, 0.6) is 5.75 Å². The number of hydrogen-bond acceptors (Lipinski definition) is 4. The van der Waals surface area contributed by atoms with Crippen molar-refractivity contribution in [2.45, 2.75) is 12.5 Å². The largest absolute Gasteiger partial charge is 0.496 e. The number of para-hydroxylation sites is 1. The van der Waals surface area contributed by atoms with Crippen molar-refractivity contribution < 1.29 is 4.74 Å². The van der Waals surface area contributed by atoms with Gasteiger partial charge in [0, 0.05) is 44.3 Å². The van der Waals surface area contributed by atoms with Crippen molar-refractivity contribution in [3.63, 3.8) is 0 Å². The molecule has 1 aliphatic rings. The lowest BCUT2D eigenvalue weighted by atomic mass is 10.0. The number of ether oxygens (including phenoxy) is 1. The zero-order valence-corrected chi connectivity index (χ0v) is 12.0.